The van der Waals surface area contributed by atoms with E-state index >= 15 is 0 Å². The monoisotopic (exact) mass is 417 g/mol. The van der Waals surface area contributed by atoms with E-state index in [1.165, 1.54) is 10.4 Å². The number of thiophene rings is 1. The van der Waals surface area contributed by atoms with Crippen LogP contribution in [0.2, 0.25) is 0 Å². The van der Waals surface area contributed by atoms with Gasteiger partial charge < -0.3 is 10.1 Å². The average molecular weight is 419 g/mol. The summed E-state index contributed by atoms with van der Waals surface area (Å²) in [4.78, 5) is 1.36. The predicted octanol–water partition coefficient (Wildman–Crippen LogP) is 5.18. The fourth-order valence-electron chi connectivity index (χ4n) is 2.12. The van der Waals surface area contributed by atoms with Crippen molar-refractivity contribution in [2.24, 2.45) is 0 Å². The maximum atomic E-state index is 5.34. The molecule has 0 amide bonds. The Balaban J connectivity index is 2.27. The number of nitrogens with one attached hydrogen (secondary N) is 1. The molecule has 1 unspecified atom stereocenters. The third-order valence-electron chi connectivity index (χ3n) is 3.06. The van der Waals surface area contributed by atoms with Crippen molar-refractivity contribution in [2.45, 2.75) is 19.4 Å². The Morgan fingerprint density at radius 3 is 2.70 bits per heavy atom. The molecule has 0 spiro atoms. The maximum absolute atomic E-state index is 5.34. The zero-order valence-corrected chi connectivity index (χ0v) is 15.4. The number of ether oxygens (including phenoxy) is 1. The molecule has 1 N–H and O–H groups in total. The molecular weight excluding hydrogens is 402 g/mol. The molecule has 2 aromatic rings. The van der Waals surface area contributed by atoms with Gasteiger partial charge in [-0.25, -0.2) is 0 Å². The normalized spacial score (nSPS) is 12.4. The van der Waals surface area contributed by atoms with Crippen molar-refractivity contribution in [1.29, 1.82) is 0 Å². The molecule has 0 saturated heterocycles. The number of benzene rings is 1. The van der Waals surface area contributed by atoms with E-state index in [0.29, 0.717) is 0 Å². The second-order valence-corrected chi connectivity index (χ2v) is 7.20. The van der Waals surface area contributed by atoms with Gasteiger partial charge in [-0.3, -0.25) is 0 Å². The van der Waals surface area contributed by atoms with E-state index in [1.807, 2.05) is 12.1 Å². The summed E-state index contributed by atoms with van der Waals surface area (Å²) in [5, 5.41) is 5.68. The van der Waals surface area contributed by atoms with Crippen LogP contribution in [-0.4, -0.2) is 13.7 Å². The van der Waals surface area contributed by atoms with Crippen LogP contribution in [0.1, 0.15) is 23.4 Å². The van der Waals surface area contributed by atoms with Gasteiger partial charge >= 0.3 is 0 Å². The first-order valence-electron chi connectivity index (χ1n) is 6.43. The Hall–Kier alpha value is -0.360. The van der Waals surface area contributed by atoms with Crippen LogP contribution < -0.4 is 10.1 Å². The van der Waals surface area contributed by atoms with Crippen molar-refractivity contribution in [1.82, 2.24) is 5.32 Å². The lowest BCUT2D eigenvalue weighted by Crippen LogP contribution is -2.23. The minimum atomic E-state index is 0.273. The number of hydrogen-bond donors (Lipinski definition) is 1. The molecule has 0 aliphatic carbocycles. The molecule has 1 aromatic heterocycles. The van der Waals surface area contributed by atoms with Crippen LogP contribution in [0, 0.1) is 0 Å². The maximum Gasteiger partial charge on any atom is 0.119 e. The molecule has 0 radical (unpaired) electrons. The number of hydrogen-bond acceptors (Lipinski definition) is 3. The fourth-order valence-corrected chi connectivity index (χ4v) is 4.14. The highest BCUT2D eigenvalue weighted by Crippen LogP contribution is 2.31. The van der Waals surface area contributed by atoms with E-state index in [2.05, 4.69) is 61.6 Å². The Bertz CT molecular complexity index is 571. The Morgan fingerprint density at radius 2 is 2.10 bits per heavy atom. The fraction of sp³-hybridized carbons (Fsp3) is 0.333. The summed E-state index contributed by atoms with van der Waals surface area (Å²) in [6, 6.07) is 8.57. The molecule has 5 heteroatoms. The van der Waals surface area contributed by atoms with Crippen LogP contribution in [-0.2, 0) is 6.42 Å². The van der Waals surface area contributed by atoms with Crippen LogP contribution in [0.25, 0.3) is 0 Å². The first-order valence-corrected chi connectivity index (χ1v) is 8.90. The second kappa shape index (κ2) is 7.59. The van der Waals surface area contributed by atoms with Gasteiger partial charge in [-0.2, -0.15) is 0 Å². The zero-order chi connectivity index (χ0) is 14.5. The quantitative estimate of drug-likeness (QED) is 0.698. The minimum Gasteiger partial charge on any atom is -0.497 e. The van der Waals surface area contributed by atoms with Gasteiger partial charge in [0, 0.05) is 31.7 Å². The zero-order valence-electron chi connectivity index (χ0n) is 11.5. The van der Waals surface area contributed by atoms with E-state index in [4.69, 9.17) is 4.74 Å². The minimum absolute atomic E-state index is 0.273. The highest BCUT2D eigenvalue weighted by Gasteiger charge is 2.16. The van der Waals surface area contributed by atoms with Crippen LogP contribution in [0.15, 0.2) is 38.6 Å². The van der Waals surface area contributed by atoms with Crippen LogP contribution in [0.5, 0.6) is 5.75 Å². The van der Waals surface area contributed by atoms with E-state index < -0.39 is 0 Å². The largest absolute Gasteiger partial charge is 0.497 e. The molecule has 108 valence electrons. The van der Waals surface area contributed by atoms with Gasteiger partial charge in [0.2, 0.25) is 0 Å². The van der Waals surface area contributed by atoms with Gasteiger partial charge in [0.1, 0.15) is 5.75 Å². The smallest absolute Gasteiger partial charge is 0.119 e. The summed E-state index contributed by atoms with van der Waals surface area (Å²) in [5.41, 5.74) is 1.23. The molecule has 0 bridgehead atoms. The molecule has 2 nitrogen and oxygen atoms in total. The Kier molecular flexibility index (Phi) is 6.08. The number of likely N-dealkylation sites (N-methyl/N-ethyl adjacent to an activating group) is 1. The molecule has 0 saturated carbocycles. The number of methoxy groups -OCH3 is 1. The van der Waals surface area contributed by atoms with Crippen molar-refractivity contribution in [3.8, 4) is 5.75 Å². The molecule has 1 aromatic carbocycles. The molecule has 1 atom stereocenters. The molecule has 20 heavy (non-hydrogen) atoms. The molecule has 0 fully saturated rings. The van der Waals surface area contributed by atoms with Gasteiger partial charge in [-0.1, -0.05) is 22.9 Å². The third-order valence-corrected chi connectivity index (χ3v) is 5.50. The van der Waals surface area contributed by atoms with E-state index in [9.17, 15) is 0 Å². The molecule has 1 heterocycles. The highest BCUT2D eigenvalue weighted by atomic mass is 79.9. The van der Waals surface area contributed by atoms with Crippen molar-refractivity contribution >= 4 is 43.2 Å². The molecule has 0 aliphatic rings. The second-order valence-electron chi connectivity index (χ2n) is 4.43. The third kappa shape index (κ3) is 4.07. The highest BCUT2D eigenvalue weighted by molar-refractivity contribution is 9.10. The van der Waals surface area contributed by atoms with Crippen molar-refractivity contribution < 1.29 is 4.74 Å². The van der Waals surface area contributed by atoms with E-state index in [0.717, 1.165) is 27.7 Å². The van der Waals surface area contributed by atoms with Crippen molar-refractivity contribution in [3.63, 3.8) is 0 Å². The molecule has 0 aliphatic heterocycles. The van der Waals surface area contributed by atoms with Crippen molar-refractivity contribution in [2.75, 3.05) is 13.7 Å². The SMILES string of the molecule is CCNC(Cc1cc(Br)cs1)c1cc(OC)ccc1Br. The summed E-state index contributed by atoms with van der Waals surface area (Å²) in [6.07, 6.45) is 0.968. The van der Waals surface area contributed by atoms with Crippen LogP contribution in [0.3, 0.4) is 0 Å². The lowest BCUT2D eigenvalue weighted by atomic mass is 10.0. The Labute approximate surface area is 140 Å². The summed E-state index contributed by atoms with van der Waals surface area (Å²) >= 11 is 8.94. The first kappa shape index (κ1) is 16.0. The predicted molar refractivity (Wildman–Crippen MR) is 92.8 cm³/mol. The van der Waals surface area contributed by atoms with E-state index in [1.54, 1.807) is 18.4 Å². The lowest BCUT2D eigenvalue weighted by molar-refractivity contribution is 0.412. The van der Waals surface area contributed by atoms with Gasteiger partial charge in [-0.05, 0) is 52.3 Å². The lowest BCUT2D eigenvalue weighted by Gasteiger charge is -2.20. The average Bonchev–Trinajstić information content (AvgIpc) is 2.84. The van der Waals surface area contributed by atoms with Crippen LogP contribution in [0.4, 0.5) is 0 Å². The standard InChI is InChI=1S/C15H17Br2NOS/c1-3-18-15(8-12-6-10(16)9-20-12)13-7-11(19-2)4-5-14(13)17/h4-7,9,15,18H,3,8H2,1-2H3. The van der Waals surface area contributed by atoms with Gasteiger partial charge in [0.05, 0.1) is 7.11 Å². The summed E-state index contributed by atoms with van der Waals surface area (Å²) < 4.78 is 7.60. The Morgan fingerprint density at radius 1 is 1.30 bits per heavy atom. The summed E-state index contributed by atoms with van der Waals surface area (Å²) in [7, 11) is 1.70. The summed E-state index contributed by atoms with van der Waals surface area (Å²) in [5.74, 6) is 0.887. The van der Waals surface area contributed by atoms with Gasteiger partial charge in [0.15, 0.2) is 0 Å². The first-order chi connectivity index (χ1) is 9.63. The van der Waals surface area contributed by atoms with Gasteiger partial charge in [0.25, 0.3) is 0 Å². The summed E-state index contributed by atoms with van der Waals surface area (Å²) in [6.45, 7) is 3.06. The molecular formula is C15H17Br2NOS. The number of halogens is 2. The molecule has 2 rings (SSSR count). The van der Waals surface area contributed by atoms with E-state index in [-0.39, 0.29) is 6.04 Å². The van der Waals surface area contributed by atoms with Crippen molar-refractivity contribution in [3.05, 3.63) is 49.0 Å². The van der Waals surface area contributed by atoms with Gasteiger partial charge in [-0.15, -0.1) is 11.3 Å². The topological polar surface area (TPSA) is 21.3 Å². The number of rotatable bonds is 6. The van der Waals surface area contributed by atoms with Crippen LogP contribution >= 0.6 is 43.2 Å².